The third-order valence-electron chi connectivity index (χ3n) is 3.81. The van der Waals surface area contributed by atoms with E-state index in [4.69, 9.17) is 11.6 Å². The Bertz CT molecular complexity index is 605. The summed E-state index contributed by atoms with van der Waals surface area (Å²) < 4.78 is 13.2. The van der Waals surface area contributed by atoms with E-state index >= 15 is 0 Å². The Morgan fingerprint density at radius 2 is 1.96 bits per heavy atom. The SMILES string of the molecule is CC(NC(=O)C(NC(=O)C1CC1)C(C)O)c1ccc(F)c(Cl)c1. The molecule has 0 saturated heterocycles. The number of aliphatic hydroxyl groups is 1. The van der Waals surface area contributed by atoms with Crippen molar-refractivity contribution in [2.75, 3.05) is 0 Å². The van der Waals surface area contributed by atoms with E-state index in [-0.39, 0.29) is 16.8 Å². The fraction of sp³-hybridized carbons (Fsp3) is 0.500. The van der Waals surface area contributed by atoms with Crippen molar-refractivity contribution < 1.29 is 19.1 Å². The predicted molar refractivity (Wildman–Crippen MR) is 84.3 cm³/mol. The molecule has 3 unspecified atom stereocenters. The summed E-state index contributed by atoms with van der Waals surface area (Å²) in [6.45, 7) is 3.15. The van der Waals surface area contributed by atoms with E-state index in [1.807, 2.05) is 0 Å². The minimum atomic E-state index is -1.03. The lowest BCUT2D eigenvalue weighted by Crippen LogP contribution is -2.53. The van der Waals surface area contributed by atoms with Gasteiger partial charge in [-0.1, -0.05) is 17.7 Å². The summed E-state index contributed by atoms with van der Waals surface area (Å²) in [5.41, 5.74) is 0.627. The molecule has 0 heterocycles. The van der Waals surface area contributed by atoms with Crippen LogP contribution in [0, 0.1) is 11.7 Å². The third-order valence-corrected chi connectivity index (χ3v) is 4.10. The smallest absolute Gasteiger partial charge is 0.245 e. The number of aliphatic hydroxyl groups excluding tert-OH is 1. The molecule has 2 rings (SSSR count). The molecule has 0 aromatic heterocycles. The van der Waals surface area contributed by atoms with Gasteiger partial charge in [0.15, 0.2) is 0 Å². The molecule has 1 aromatic rings. The fourth-order valence-corrected chi connectivity index (χ4v) is 2.38. The lowest BCUT2D eigenvalue weighted by Gasteiger charge is -2.23. The number of hydrogen-bond donors (Lipinski definition) is 3. The van der Waals surface area contributed by atoms with Crippen molar-refractivity contribution in [3.8, 4) is 0 Å². The number of rotatable bonds is 6. The van der Waals surface area contributed by atoms with E-state index in [1.54, 1.807) is 6.92 Å². The average Bonchev–Trinajstić information content (AvgIpc) is 3.31. The number of carbonyl (C=O) groups excluding carboxylic acids is 2. The Morgan fingerprint density at radius 1 is 1.30 bits per heavy atom. The highest BCUT2D eigenvalue weighted by Gasteiger charge is 2.34. The molecule has 1 saturated carbocycles. The fourth-order valence-electron chi connectivity index (χ4n) is 2.19. The van der Waals surface area contributed by atoms with Gasteiger partial charge in [-0.15, -0.1) is 0 Å². The van der Waals surface area contributed by atoms with E-state index < -0.39 is 29.9 Å². The minimum Gasteiger partial charge on any atom is -0.391 e. The van der Waals surface area contributed by atoms with E-state index in [9.17, 15) is 19.1 Å². The zero-order valence-electron chi connectivity index (χ0n) is 13.0. The molecule has 1 fully saturated rings. The molecule has 5 nitrogen and oxygen atoms in total. The van der Waals surface area contributed by atoms with E-state index in [0.29, 0.717) is 5.56 Å². The molecular weight excluding hydrogens is 323 g/mol. The quantitative estimate of drug-likeness (QED) is 0.739. The number of carbonyl (C=O) groups is 2. The molecule has 0 spiro atoms. The van der Waals surface area contributed by atoms with Crippen molar-refractivity contribution in [2.45, 2.75) is 44.9 Å². The molecule has 0 radical (unpaired) electrons. The maximum Gasteiger partial charge on any atom is 0.245 e. The lowest BCUT2D eigenvalue weighted by molar-refractivity contribution is -0.132. The second kappa shape index (κ2) is 7.27. The van der Waals surface area contributed by atoms with Gasteiger partial charge in [0.2, 0.25) is 11.8 Å². The molecule has 0 aliphatic heterocycles. The third kappa shape index (κ3) is 4.65. The standard InChI is InChI=1S/C16H20ClFN2O3/c1-8(11-5-6-13(18)12(17)7-11)19-16(23)14(9(2)21)20-15(22)10-3-4-10/h5-10,14,21H,3-4H2,1-2H3,(H,19,23)(H,20,22). The van der Waals surface area contributed by atoms with Gasteiger partial charge in [0.05, 0.1) is 17.2 Å². The molecule has 2 amide bonds. The molecule has 23 heavy (non-hydrogen) atoms. The summed E-state index contributed by atoms with van der Waals surface area (Å²) >= 11 is 5.73. The van der Waals surface area contributed by atoms with Crippen LogP contribution in [0.3, 0.4) is 0 Å². The Balaban J connectivity index is 2.01. The second-order valence-electron chi connectivity index (χ2n) is 5.90. The molecule has 3 N–H and O–H groups in total. The van der Waals surface area contributed by atoms with Crippen molar-refractivity contribution >= 4 is 23.4 Å². The number of benzene rings is 1. The zero-order chi connectivity index (χ0) is 17.1. The number of amides is 2. The van der Waals surface area contributed by atoms with E-state index in [2.05, 4.69) is 10.6 Å². The Kier molecular flexibility index (Phi) is 5.59. The van der Waals surface area contributed by atoms with Crippen LogP contribution in [0.4, 0.5) is 4.39 Å². The van der Waals surface area contributed by atoms with Crippen LogP contribution in [0.15, 0.2) is 18.2 Å². The van der Waals surface area contributed by atoms with Gasteiger partial charge in [-0.25, -0.2) is 4.39 Å². The first-order chi connectivity index (χ1) is 10.8. The second-order valence-corrected chi connectivity index (χ2v) is 6.31. The molecule has 3 atom stereocenters. The van der Waals surface area contributed by atoms with Gasteiger partial charge in [-0.05, 0) is 44.4 Å². The van der Waals surface area contributed by atoms with Crippen LogP contribution in [-0.2, 0) is 9.59 Å². The average molecular weight is 343 g/mol. The summed E-state index contributed by atoms with van der Waals surface area (Å²) in [6, 6.07) is 2.71. The summed E-state index contributed by atoms with van der Waals surface area (Å²) in [4.78, 5) is 24.1. The Hall–Kier alpha value is -1.66. The van der Waals surface area contributed by atoms with Gasteiger partial charge in [0, 0.05) is 5.92 Å². The van der Waals surface area contributed by atoms with Crippen LogP contribution >= 0.6 is 11.6 Å². The highest BCUT2D eigenvalue weighted by atomic mass is 35.5. The summed E-state index contributed by atoms with van der Waals surface area (Å²) in [7, 11) is 0. The summed E-state index contributed by atoms with van der Waals surface area (Å²) in [5.74, 6) is -1.31. The van der Waals surface area contributed by atoms with Gasteiger partial charge in [-0.3, -0.25) is 9.59 Å². The van der Waals surface area contributed by atoms with Crippen LogP contribution in [0.2, 0.25) is 5.02 Å². The van der Waals surface area contributed by atoms with Crippen LogP contribution < -0.4 is 10.6 Å². The number of halogens is 2. The first-order valence-corrected chi connectivity index (χ1v) is 7.91. The van der Waals surface area contributed by atoms with E-state index in [1.165, 1.54) is 25.1 Å². The monoisotopic (exact) mass is 342 g/mol. The van der Waals surface area contributed by atoms with Gasteiger partial charge in [0.1, 0.15) is 11.9 Å². The predicted octanol–water partition coefficient (Wildman–Crippen LogP) is 1.93. The maximum absolute atomic E-state index is 13.2. The van der Waals surface area contributed by atoms with Crippen molar-refractivity contribution in [3.05, 3.63) is 34.6 Å². The number of nitrogens with one attached hydrogen (secondary N) is 2. The van der Waals surface area contributed by atoms with Gasteiger partial charge in [0.25, 0.3) is 0 Å². The molecule has 0 bridgehead atoms. The molecule has 1 aromatic carbocycles. The Morgan fingerprint density at radius 3 is 2.48 bits per heavy atom. The summed E-state index contributed by atoms with van der Waals surface area (Å²) in [5, 5.41) is 15.0. The normalized spacial score (nSPS) is 18.0. The molecule has 126 valence electrons. The highest BCUT2D eigenvalue weighted by molar-refractivity contribution is 6.30. The largest absolute Gasteiger partial charge is 0.391 e. The van der Waals surface area contributed by atoms with Crippen LogP contribution in [0.25, 0.3) is 0 Å². The topological polar surface area (TPSA) is 78.4 Å². The van der Waals surface area contributed by atoms with Crippen LogP contribution in [0.1, 0.15) is 38.3 Å². The first-order valence-electron chi connectivity index (χ1n) is 7.53. The number of hydrogen-bond acceptors (Lipinski definition) is 3. The van der Waals surface area contributed by atoms with Crippen molar-refractivity contribution in [2.24, 2.45) is 5.92 Å². The van der Waals surface area contributed by atoms with Crippen LogP contribution in [-0.4, -0.2) is 29.1 Å². The molecule has 7 heteroatoms. The minimum absolute atomic E-state index is 0.0299. The van der Waals surface area contributed by atoms with E-state index in [0.717, 1.165) is 12.8 Å². The van der Waals surface area contributed by atoms with Gasteiger partial charge < -0.3 is 15.7 Å². The Labute approximate surface area is 139 Å². The van der Waals surface area contributed by atoms with Crippen molar-refractivity contribution in [1.82, 2.24) is 10.6 Å². The molecule has 1 aliphatic carbocycles. The highest BCUT2D eigenvalue weighted by Crippen LogP contribution is 2.29. The van der Waals surface area contributed by atoms with Gasteiger partial charge in [-0.2, -0.15) is 0 Å². The van der Waals surface area contributed by atoms with Crippen molar-refractivity contribution in [3.63, 3.8) is 0 Å². The lowest BCUT2D eigenvalue weighted by atomic mass is 10.1. The maximum atomic E-state index is 13.2. The van der Waals surface area contributed by atoms with Gasteiger partial charge >= 0.3 is 0 Å². The molecule has 1 aliphatic rings. The van der Waals surface area contributed by atoms with Crippen molar-refractivity contribution in [1.29, 1.82) is 0 Å². The zero-order valence-corrected chi connectivity index (χ0v) is 13.7. The summed E-state index contributed by atoms with van der Waals surface area (Å²) in [6.07, 6.45) is 0.594. The van der Waals surface area contributed by atoms with Crippen LogP contribution in [0.5, 0.6) is 0 Å². The first kappa shape index (κ1) is 17.7. The molecular formula is C16H20ClFN2O3.